The molecule has 3 heteroatoms. The maximum Gasteiger partial charge on any atom is 0.0595 e. The lowest BCUT2D eigenvalue weighted by molar-refractivity contribution is 0.264. The van der Waals surface area contributed by atoms with Gasteiger partial charge >= 0.3 is 0 Å². The van der Waals surface area contributed by atoms with Gasteiger partial charge in [-0.15, -0.1) is 0 Å². The van der Waals surface area contributed by atoms with Crippen LogP contribution in [0.3, 0.4) is 0 Å². The molecule has 0 amide bonds. The van der Waals surface area contributed by atoms with Crippen LogP contribution in [0, 0.1) is 11.8 Å². The molecule has 0 radical (unpaired) electrons. The van der Waals surface area contributed by atoms with Crippen LogP contribution >= 0.6 is 23.2 Å². The van der Waals surface area contributed by atoms with Crippen LogP contribution in [0.5, 0.6) is 0 Å². The molecular weight excluding hydrogens is 301 g/mol. The van der Waals surface area contributed by atoms with Gasteiger partial charge in [-0.1, -0.05) is 62.4 Å². The van der Waals surface area contributed by atoms with Gasteiger partial charge in [0.2, 0.25) is 0 Å². The van der Waals surface area contributed by atoms with Gasteiger partial charge in [0.25, 0.3) is 0 Å². The summed E-state index contributed by atoms with van der Waals surface area (Å²) in [4.78, 5) is 0. The van der Waals surface area contributed by atoms with E-state index in [9.17, 15) is 0 Å². The van der Waals surface area contributed by atoms with Crippen molar-refractivity contribution in [2.75, 3.05) is 6.54 Å². The second kappa shape index (κ2) is 8.41. The van der Waals surface area contributed by atoms with Gasteiger partial charge < -0.3 is 5.32 Å². The second-order valence-electron chi connectivity index (χ2n) is 6.51. The van der Waals surface area contributed by atoms with Crippen LogP contribution in [0.25, 0.3) is 0 Å². The Morgan fingerprint density at radius 3 is 2.71 bits per heavy atom. The molecule has 1 aromatic rings. The number of halogens is 2. The minimum Gasteiger partial charge on any atom is -0.310 e. The molecule has 0 saturated heterocycles. The Balaban J connectivity index is 1.83. The highest BCUT2D eigenvalue weighted by atomic mass is 35.5. The smallest absolute Gasteiger partial charge is 0.0595 e. The summed E-state index contributed by atoms with van der Waals surface area (Å²) in [5.74, 6) is 1.83. The van der Waals surface area contributed by atoms with Gasteiger partial charge in [0.05, 0.1) is 10.0 Å². The van der Waals surface area contributed by atoms with E-state index in [-0.39, 0.29) is 0 Å². The Morgan fingerprint density at radius 2 is 2.05 bits per heavy atom. The molecule has 1 N–H and O–H groups in total. The Bertz CT molecular complexity index is 447. The van der Waals surface area contributed by atoms with Crippen molar-refractivity contribution in [3.63, 3.8) is 0 Å². The van der Waals surface area contributed by atoms with Gasteiger partial charge in [-0.05, 0) is 55.3 Å². The highest BCUT2D eigenvalue weighted by Gasteiger charge is 2.19. The zero-order chi connectivity index (χ0) is 15.2. The zero-order valence-corrected chi connectivity index (χ0v) is 14.7. The predicted molar refractivity (Wildman–Crippen MR) is 93.2 cm³/mol. The quantitative estimate of drug-likeness (QED) is 0.651. The van der Waals surface area contributed by atoms with Crippen LogP contribution in [0.4, 0.5) is 0 Å². The van der Waals surface area contributed by atoms with Gasteiger partial charge in [-0.3, -0.25) is 0 Å². The van der Waals surface area contributed by atoms with Crippen LogP contribution in [-0.4, -0.2) is 6.54 Å². The SMILES string of the molecule is CCC(NCCC1CCCC(C)C1)c1ccc(Cl)c(Cl)c1. The Kier molecular flexibility index (Phi) is 6.85. The first kappa shape index (κ1) is 17.1. The lowest BCUT2D eigenvalue weighted by Gasteiger charge is -2.27. The molecule has 0 heterocycles. The molecule has 3 unspecified atom stereocenters. The average Bonchev–Trinajstić information content (AvgIpc) is 2.47. The maximum atomic E-state index is 6.13. The van der Waals surface area contributed by atoms with Crippen molar-refractivity contribution in [2.24, 2.45) is 11.8 Å². The molecule has 2 rings (SSSR count). The summed E-state index contributed by atoms with van der Waals surface area (Å²) in [7, 11) is 0. The molecule has 0 aliphatic heterocycles. The fourth-order valence-electron chi connectivity index (χ4n) is 3.51. The van der Waals surface area contributed by atoms with E-state index in [1.54, 1.807) is 0 Å². The molecule has 0 aromatic heterocycles. The van der Waals surface area contributed by atoms with E-state index in [1.807, 2.05) is 12.1 Å². The van der Waals surface area contributed by atoms with E-state index in [2.05, 4.69) is 25.2 Å². The first-order chi connectivity index (χ1) is 10.1. The fourth-order valence-corrected chi connectivity index (χ4v) is 3.82. The van der Waals surface area contributed by atoms with Crippen molar-refractivity contribution in [1.82, 2.24) is 5.32 Å². The van der Waals surface area contributed by atoms with E-state index in [0.717, 1.165) is 24.8 Å². The van der Waals surface area contributed by atoms with E-state index >= 15 is 0 Å². The monoisotopic (exact) mass is 327 g/mol. The normalized spacial score (nSPS) is 24.0. The number of rotatable bonds is 6. The predicted octanol–water partition coefficient (Wildman–Crippen LogP) is 6.25. The number of hydrogen-bond donors (Lipinski definition) is 1. The van der Waals surface area contributed by atoms with E-state index < -0.39 is 0 Å². The first-order valence-electron chi connectivity index (χ1n) is 8.28. The highest BCUT2D eigenvalue weighted by Crippen LogP contribution is 2.31. The van der Waals surface area contributed by atoms with E-state index in [1.165, 1.54) is 37.7 Å². The van der Waals surface area contributed by atoms with Crippen molar-refractivity contribution in [3.05, 3.63) is 33.8 Å². The summed E-state index contributed by atoms with van der Waals surface area (Å²) in [6.07, 6.45) is 8.02. The van der Waals surface area contributed by atoms with Crippen molar-refractivity contribution in [1.29, 1.82) is 0 Å². The molecule has 1 saturated carbocycles. The van der Waals surface area contributed by atoms with Crippen LogP contribution in [-0.2, 0) is 0 Å². The molecular formula is C18H27Cl2N. The third-order valence-electron chi connectivity index (χ3n) is 4.74. The van der Waals surface area contributed by atoms with Crippen LogP contribution in [0.15, 0.2) is 18.2 Å². The Hall–Kier alpha value is -0.240. The van der Waals surface area contributed by atoms with Gasteiger partial charge in [0.15, 0.2) is 0 Å². The minimum absolute atomic E-state index is 0.376. The van der Waals surface area contributed by atoms with E-state index in [0.29, 0.717) is 16.1 Å². The summed E-state index contributed by atoms with van der Waals surface area (Å²) < 4.78 is 0. The molecule has 1 aliphatic carbocycles. The van der Waals surface area contributed by atoms with Crippen molar-refractivity contribution in [2.45, 2.75) is 58.4 Å². The number of benzene rings is 1. The minimum atomic E-state index is 0.376. The molecule has 0 bridgehead atoms. The number of nitrogens with one attached hydrogen (secondary N) is 1. The highest BCUT2D eigenvalue weighted by molar-refractivity contribution is 6.42. The third kappa shape index (κ3) is 5.16. The van der Waals surface area contributed by atoms with Gasteiger partial charge in [-0.25, -0.2) is 0 Å². The van der Waals surface area contributed by atoms with Crippen molar-refractivity contribution >= 4 is 23.2 Å². The van der Waals surface area contributed by atoms with Crippen LogP contribution < -0.4 is 5.32 Å². The Morgan fingerprint density at radius 1 is 1.24 bits per heavy atom. The summed E-state index contributed by atoms with van der Waals surface area (Å²) in [6, 6.07) is 6.35. The van der Waals surface area contributed by atoms with Crippen LogP contribution in [0.2, 0.25) is 10.0 Å². The largest absolute Gasteiger partial charge is 0.310 e. The van der Waals surface area contributed by atoms with Crippen molar-refractivity contribution in [3.8, 4) is 0 Å². The Labute approximate surface area is 139 Å². The molecule has 1 aromatic carbocycles. The summed E-state index contributed by atoms with van der Waals surface area (Å²) in [5.41, 5.74) is 1.24. The molecule has 1 aliphatic rings. The lowest BCUT2D eigenvalue weighted by Crippen LogP contribution is -2.25. The maximum absolute atomic E-state index is 6.13. The van der Waals surface area contributed by atoms with Gasteiger partial charge in [0.1, 0.15) is 0 Å². The molecule has 118 valence electrons. The first-order valence-corrected chi connectivity index (χ1v) is 9.04. The second-order valence-corrected chi connectivity index (χ2v) is 7.33. The van der Waals surface area contributed by atoms with Gasteiger partial charge in [-0.2, -0.15) is 0 Å². The molecule has 1 nitrogen and oxygen atoms in total. The molecule has 1 fully saturated rings. The van der Waals surface area contributed by atoms with Crippen LogP contribution in [0.1, 0.15) is 64.0 Å². The summed E-state index contributed by atoms with van der Waals surface area (Å²) in [5, 5.41) is 4.97. The number of hydrogen-bond acceptors (Lipinski definition) is 1. The topological polar surface area (TPSA) is 12.0 Å². The fraction of sp³-hybridized carbons (Fsp3) is 0.667. The third-order valence-corrected chi connectivity index (χ3v) is 5.48. The van der Waals surface area contributed by atoms with Gasteiger partial charge in [0, 0.05) is 6.04 Å². The van der Waals surface area contributed by atoms with Crippen molar-refractivity contribution < 1.29 is 0 Å². The molecule has 21 heavy (non-hydrogen) atoms. The lowest BCUT2D eigenvalue weighted by atomic mass is 9.81. The molecule has 0 spiro atoms. The zero-order valence-electron chi connectivity index (χ0n) is 13.2. The average molecular weight is 328 g/mol. The standard InChI is InChI=1S/C18H27Cl2N/c1-3-18(15-7-8-16(19)17(20)12-15)21-10-9-14-6-4-5-13(2)11-14/h7-8,12-14,18,21H,3-6,9-11H2,1-2H3. The molecule has 3 atom stereocenters. The van der Waals surface area contributed by atoms with E-state index in [4.69, 9.17) is 23.2 Å². The summed E-state index contributed by atoms with van der Waals surface area (Å²) >= 11 is 12.1. The summed E-state index contributed by atoms with van der Waals surface area (Å²) in [6.45, 7) is 5.70.